The van der Waals surface area contributed by atoms with Crippen molar-refractivity contribution in [3.63, 3.8) is 0 Å². The average molecular weight is 207 g/mol. The van der Waals surface area contributed by atoms with E-state index in [-0.39, 0.29) is 12.3 Å². The molecule has 0 aliphatic rings. The summed E-state index contributed by atoms with van der Waals surface area (Å²) < 4.78 is 0. The molecule has 1 heterocycles. The maximum atomic E-state index is 10.6. The number of nitrogens with zero attached hydrogens (tertiary/aromatic N) is 1. The molecule has 0 spiro atoms. The van der Waals surface area contributed by atoms with Crippen LogP contribution in [0.15, 0.2) is 24.4 Å². The van der Waals surface area contributed by atoms with Gasteiger partial charge in [-0.1, -0.05) is 19.9 Å². The van der Waals surface area contributed by atoms with Crippen molar-refractivity contribution in [1.82, 2.24) is 4.98 Å². The molecule has 82 valence electrons. The molecular weight excluding hydrogens is 190 g/mol. The largest absolute Gasteiger partial charge is 0.481 e. The maximum Gasteiger partial charge on any atom is 0.303 e. The quantitative estimate of drug-likeness (QED) is 0.806. The molecule has 0 saturated heterocycles. The van der Waals surface area contributed by atoms with Gasteiger partial charge in [0.15, 0.2) is 0 Å². The molecule has 0 amide bonds. The number of rotatable bonds is 5. The summed E-state index contributed by atoms with van der Waals surface area (Å²) >= 11 is 0. The molecule has 1 aromatic rings. The first kappa shape index (κ1) is 11.7. The monoisotopic (exact) mass is 207 g/mol. The van der Waals surface area contributed by atoms with Gasteiger partial charge in [0, 0.05) is 18.3 Å². The first-order chi connectivity index (χ1) is 7.09. The van der Waals surface area contributed by atoms with E-state index in [1.807, 2.05) is 25.1 Å². The number of carboxylic acid groups (broad SMARTS) is 1. The standard InChI is InChI=1S/C12H17NO2/c1-9(10(2)8-12(14)15)7-11-5-3-4-6-13-11/h3-6,9-10H,7-8H2,1-2H3,(H,14,15). The zero-order valence-electron chi connectivity index (χ0n) is 9.18. The lowest BCUT2D eigenvalue weighted by Gasteiger charge is -2.17. The van der Waals surface area contributed by atoms with E-state index < -0.39 is 5.97 Å². The Balaban J connectivity index is 2.48. The molecule has 0 fully saturated rings. The van der Waals surface area contributed by atoms with Gasteiger partial charge in [0.2, 0.25) is 0 Å². The maximum absolute atomic E-state index is 10.6. The second kappa shape index (κ2) is 5.49. The smallest absolute Gasteiger partial charge is 0.303 e. The third-order valence-electron chi connectivity index (χ3n) is 2.73. The van der Waals surface area contributed by atoms with Crippen molar-refractivity contribution in [2.45, 2.75) is 26.7 Å². The highest BCUT2D eigenvalue weighted by Crippen LogP contribution is 2.18. The minimum Gasteiger partial charge on any atom is -0.481 e. The van der Waals surface area contributed by atoms with E-state index in [0.717, 1.165) is 12.1 Å². The zero-order valence-corrected chi connectivity index (χ0v) is 9.18. The van der Waals surface area contributed by atoms with Crippen LogP contribution in [0, 0.1) is 11.8 Å². The Hall–Kier alpha value is -1.38. The molecule has 0 aliphatic carbocycles. The van der Waals surface area contributed by atoms with Crippen molar-refractivity contribution in [3.05, 3.63) is 30.1 Å². The van der Waals surface area contributed by atoms with Crippen molar-refractivity contribution in [2.24, 2.45) is 11.8 Å². The van der Waals surface area contributed by atoms with Gasteiger partial charge in [-0.05, 0) is 30.4 Å². The summed E-state index contributed by atoms with van der Waals surface area (Å²) in [6, 6.07) is 5.82. The van der Waals surface area contributed by atoms with Gasteiger partial charge in [0.25, 0.3) is 0 Å². The highest BCUT2D eigenvalue weighted by atomic mass is 16.4. The SMILES string of the molecule is CC(CC(=O)O)C(C)Cc1ccccn1. The van der Waals surface area contributed by atoms with Crippen LogP contribution in [-0.2, 0) is 11.2 Å². The summed E-state index contributed by atoms with van der Waals surface area (Å²) in [6.45, 7) is 4.05. The predicted octanol–water partition coefficient (Wildman–Crippen LogP) is 2.37. The summed E-state index contributed by atoms with van der Waals surface area (Å²) in [5, 5.41) is 8.68. The normalized spacial score (nSPS) is 14.5. The summed E-state index contributed by atoms with van der Waals surface area (Å²) in [5.74, 6) is -0.198. The summed E-state index contributed by atoms with van der Waals surface area (Å²) in [5.41, 5.74) is 1.03. The van der Waals surface area contributed by atoms with Crippen LogP contribution in [0.4, 0.5) is 0 Å². The van der Waals surface area contributed by atoms with Gasteiger partial charge < -0.3 is 5.11 Å². The van der Waals surface area contributed by atoms with Gasteiger partial charge in [0.1, 0.15) is 0 Å². The van der Waals surface area contributed by atoms with E-state index in [1.54, 1.807) is 6.20 Å². The number of carboxylic acids is 1. The van der Waals surface area contributed by atoms with Gasteiger partial charge in [-0.3, -0.25) is 9.78 Å². The molecule has 1 rings (SSSR count). The Morgan fingerprint density at radius 3 is 2.67 bits per heavy atom. The molecule has 0 bridgehead atoms. The lowest BCUT2D eigenvalue weighted by molar-refractivity contribution is -0.138. The van der Waals surface area contributed by atoms with E-state index >= 15 is 0 Å². The van der Waals surface area contributed by atoms with Gasteiger partial charge in [-0.25, -0.2) is 0 Å². The molecular formula is C12H17NO2. The molecule has 2 unspecified atom stereocenters. The van der Waals surface area contributed by atoms with Gasteiger partial charge in [-0.2, -0.15) is 0 Å². The third-order valence-corrected chi connectivity index (χ3v) is 2.73. The molecule has 1 N–H and O–H groups in total. The predicted molar refractivity (Wildman–Crippen MR) is 58.5 cm³/mol. The molecule has 3 nitrogen and oxygen atoms in total. The summed E-state index contributed by atoms with van der Waals surface area (Å²) in [4.78, 5) is 14.8. The lowest BCUT2D eigenvalue weighted by atomic mass is 9.89. The molecule has 0 saturated carbocycles. The molecule has 0 radical (unpaired) electrons. The van der Waals surface area contributed by atoms with Crippen LogP contribution in [0.3, 0.4) is 0 Å². The fraction of sp³-hybridized carbons (Fsp3) is 0.500. The highest BCUT2D eigenvalue weighted by molar-refractivity contribution is 5.66. The Bertz CT molecular complexity index is 311. The summed E-state index contributed by atoms with van der Waals surface area (Å²) in [7, 11) is 0. The highest BCUT2D eigenvalue weighted by Gasteiger charge is 2.16. The van der Waals surface area contributed by atoms with Crippen LogP contribution in [0.5, 0.6) is 0 Å². The van der Waals surface area contributed by atoms with Crippen LogP contribution in [-0.4, -0.2) is 16.1 Å². The van der Waals surface area contributed by atoms with E-state index in [4.69, 9.17) is 5.11 Å². The first-order valence-electron chi connectivity index (χ1n) is 5.21. The van der Waals surface area contributed by atoms with Crippen LogP contribution < -0.4 is 0 Å². The minimum absolute atomic E-state index is 0.185. The van der Waals surface area contributed by atoms with E-state index in [1.165, 1.54) is 0 Å². The second-order valence-corrected chi connectivity index (χ2v) is 4.08. The van der Waals surface area contributed by atoms with E-state index in [0.29, 0.717) is 5.92 Å². The van der Waals surface area contributed by atoms with E-state index in [9.17, 15) is 4.79 Å². The summed E-state index contributed by atoms with van der Waals surface area (Å²) in [6.07, 6.45) is 2.84. The number of carbonyl (C=O) groups is 1. The van der Waals surface area contributed by atoms with E-state index in [2.05, 4.69) is 11.9 Å². The fourth-order valence-electron chi connectivity index (χ4n) is 1.53. The van der Waals surface area contributed by atoms with Gasteiger partial charge in [0.05, 0.1) is 0 Å². The number of aromatic nitrogens is 1. The second-order valence-electron chi connectivity index (χ2n) is 4.08. The Morgan fingerprint density at radius 1 is 1.40 bits per heavy atom. The molecule has 2 atom stereocenters. The van der Waals surface area contributed by atoms with Crippen LogP contribution >= 0.6 is 0 Å². The van der Waals surface area contributed by atoms with Crippen LogP contribution in [0.25, 0.3) is 0 Å². The fourth-order valence-corrected chi connectivity index (χ4v) is 1.53. The molecule has 3 heteroatoms. The average Bonchev–Trinajstić information content (AvgIpc) is 2.18. The zero-order chi connectivity index (χ0) is 11.3. The minimum atomic E-state index is -0.727. The number of aliphatic carboxylic acids is 1. The van der Waals surface area contributed by atoms with Crippen LogP contribution in [0.2, 0.25) is 0 Å². The first-order valence-corrected chi connectivity index (χ1v) is 5.21. The van der Waals surface area contributed by atoms with Crippen molar-refractivity contribution < 1.29 is 9.90 Å². The number of pyridine rings is 1. The van der Waals surface area contributed by atoms with Crippen molar-refractivity contribution in [1.29, 1.82) is 0 Å². The number of hydrogen-bond donors (Lipinski definition) is 1. The van der Waals surface area contributed by atoms with Gasteiger partial charge in [-0.15, -0.1) is 0 Å². The van der Waals surface area contributed by atoms with Crippen LogP contribution in [0.1, 0.15) is 26.0 Å². The molecule has 0 aromatic carbocycles. The van der Waals surface area contributed by atoms with Crippen molar-refractivity contribution >= 4 is 5.97 Å². The molecule has 0 aliphatic heterocycles. The topological polar surface area (TPSA) is 50.2 Å². The number of hydrogen-bond acceptors (Lipinski definition) is 2. The van der Waals surface area contributed by atoms with Gasteiger partial charge >= 0.3 is 5.97 Å². The van der Waals surface area contributed by atoms with Crippen molar-refractivity contribution in [3.8, 4) is 0 Å². The Morgan fingerprint density at radius 2 is 2.13 bits per heavy atom. The molecule has 1 aromatic heterocycles. The third kappa shape index (κ3) is 4.11. The lowest BCUT2D eigenvalue weighted by Crippen LogP contribution is -2.15. The van der Waals surface area contributed by atoms with Crippen molar-refractivity contribution in [2.75, 3.05) is 0 Å². The Labute approximate surface area is 90.2 Å². The Kier molecular flexibility index (Phi) is 4.28. The molecule has 15 heavy (non-hydrogen) atoms.